The summed E-state index contributed by atoms with van der Waals surface area (Å²) in [7, 11) is 0. The van der Waals surface area contributed by atoms with Crippen molar-refractivity contribution in [2.75, 3.05) is 6.54 Å². The van der Waals surface area contributed by atoms with Crippen LogP contribution in [0.5, 0.6) is 0 Å². The minimum Gasteiger partial charge on any atom is -0.369 e. The van der Waals surface area contributed by atoms with E-state index in [-0.39, 0.29) is 6.42 Å². The van der Waals surface area contributed by atoms with E-state index < -0.39 is 12.0 Å². The van der Waals surface area contributed by atoms with E-state index in [1.165, 1.54) is 6.20 Å². The topological polar surface area (TPSA) is 3.24 Å². The maximum absolute atomic E-state index is 13.0. The van der Waals surface area contributed by atoms with Crippen molar-refractivity contribution in [1.82, 2.24) is 4.90 Å². The second kappa shape index (κ2) is 2.80. The molecule has 1 saturated heterocycles. The van der Waals surface area contributed by atoms with E-state index in [1.54, 1.807) is 11.8 Å². The molecule has 64 valence electrons. The van der Waals surface area contributed by atoms with Crippen LogP contribution in [0.15, 0.2) is 12.8 Å². The highest BCUT2D eigenvalue weighted by molar-refractivity contribution is 4.96. The molecule has 1 heterocycles. The first-order valence-corrected chi connectivity index (χ1v) is 3.88. The van der Waals surface area contributed by atoms with Crippen LogP contribution in [-0.2, 0) is 0 Å². The molecule has 0 aliphatic carbocycles. The summed E-state index contributed by atoms with van der Waals surface area (Å²) < 4.78 is 25.9. The number of hydrogen-bond acceptors (Lipinski definition) is 1. The number of halogens is 2. The minimum absolute atomic E-state index is 0.0302. The summed E-state index contributed by atoms with van der Waals surface area (Å²) in [5, 5.41) is 0. The third-order valence-electron chi connectivity index (χ3n) is 2.21. The molecule has 0 aromatic carbocycles. The van der Waals surface area contributed by atoms with E-state index in [0.29, 0.717) is 13.0 Å². The molecule has 1 aliphatic rings. The van der Waals surface area contributed by atoms with Gasteiger partial charge in [0.15, 0.2) is 0 Å². The maximum atomic E-state index is 13.0. The van der Waals surface area contributed by atoms with Gasteiger partial charge in [-0.05, 0) is 12.6 Å². The van der Waals surface area contributed by atoms with Crippen LogP contribution < -0.4 is 0 Å². The minimum atomic E-state index is -2.51. The Morgan fingerprint density at radius 1 is 1.73 bits per heavy atom. The van der Waals surface area contributed by atoms with Crippen LogP contribution in [0.4, 0.5) is 8.78 Å². The number of hydrogen-bond donors (Lipinski definition) is 0. The molecule has 0 saturated carbocycles. The van der Waals surface area contributed by atoms with E-state index in [0.717, 1.165) is 0 Å². The Morgan fingerprint density at radius 3 is 2.73 bits per heavy atom. The third kappa shape index (κ3) is 1.37. The number of likely N-dealkylation sites (tertiary alicyclic amines) is 1. The van der Waals surface area contributed by atoms with Crippen molar-refractivity contribution in [2.24, 2.45) is 0 Å². The zero-order valence-corrected chi connectivity index (χ0v) is 6.69. The lowest BCUT2D eigenvalue weighted by atomic mass is 10.1. The molecular formula is C8H13F2N. The Kier molecular flexibility index (Phi) is 2.16. The van der Waals surface area contributed by atoms with Crippen molar-refractivity contribution in [2.45, 2.75) is 31.7 Å². The van der Waals surface area contributed by atoms with E-state index in [1.807, 2.05) is 0 Å². The standard InChI is InChI=1S/C8H13F2N/c1-3-7-8(9,10)5-6-11(7)4-2/h4,7H,2-3,5-6H2,1H3. The summed E-state index contributed by atoms with van der Waals surface area (Å²) >= 11 is 0. The highest BCUT2D eigenvalue weighted by Crippen LogP contribution is 2.35. The van der Waals surface area contributed by atoms with Gasteiger partial charge in [-0.25, -0.2) is 8.78 Å². The van der Waals surface area contributed by atoms with Gasteiger partial charge < -0.3 is 4.90 Å². The lowest BCUT2D eigenvalue weighted by Crippen LogP contribution is -2.35. The molecule has 1 atom stereocenters. The van der Waals surface area contributed by atoms with Crippen molar-refractivity contribution >= 4 is 0 Å². The lowest BCUT2D eigenvalue weighted by Gasteiger charge is -2.24. The van der Waals surface area contributed by atoms with Crippen molar-refractivity contribution in [3.05, 3.63) is 12.8 Å². The zero-order valence-electron chi connectivity index (χ0n) is 6.69. The van der Waals surface area contributed by atoms with Crippen LogP contribution in [0, 0.1) is 0 Å². The molecular weight excluding hydrogens is 148 g/mol. The maximum Gasteiger partial charge on any atom is 0.269 e. The molecule has 1 aliphatic heterocycles. The Balaban J connectivity index is 2.70. The zero-order chi connectivity index (χ0) is 8.48. The normalized spacial score (nSPS) is 29.0. The van der Waals surface area contributed by atoms with Gasteiger partial charge in [-0.2, -0.15) is 0 Å². The largest absolute Gasteiger partial charge is 0.369 e. The summed E-state index contributed by atoms with van der Waals surface area (Å²) in [4.78, 5) is 1.62. The molecule has 0 N–H and O–H groups in total. The Bertz CT molecular complexity index is 156. The molecule has 1 nitrogen and oxygen atoms in total. The molecule has 3 heteroatoms. The summed E-state index contributed by atoms with van der Waals surface area (Å²) in [6.07, 6.45) is 1.96. The second-order valence-corrected chi connectivity index (χ2v) is 2.86. The lowest BCUT2D eigenvalue weighted by molar-refractivity contribution is -0.0268. The molecule has 1 unspecified atom stereocenters. The SMILES string of the molecule is C=CN1CCC(F)(F)C1CC. The van der Waals surface area contributed by atoms with Crippen molar-refractivity contribution in [1.29, 1.82) is 0 Å². The summed E-state index contributed by atoms with van der Waals surface area (Å²) in [6.45, 7) is 5.72. The van der Waals surface area contributed by atoms with E-state index in [4.69, 9.17) is 0 Å². The molecule has 0 amide bonds. The number of rotatable bonds is 2. The summed E-state index contributed by atoms with van der Waals surface area (Å²) in [6, 6.07) is -0.625. The average Bonchev–Trinajstić information content (AvgIpc) is 2.24. The van der Waals surface area contributed by atoms with Crippen molar-refractivity contribution in [3.63, 3.8) is 0 Å². The fraction of sp³-hybridized carbons (Fsp3) is 0.750. The van der Waals surface area contributed by atoms with Crippen LogP contribution >= 0.6 is 0 Å². The van der Waals surface area contributed by atoms with Gasteiger partial charge in [-0.15, -0.1) is 0 Å². The van der Waals surface area contributed by atoms with Crippen LogP contribution in [-0.4, -0.2) is 23.4 Å². The van der Waals surface area contributed by atoms with Crippen LogP contribution in [0.3, 0.4) is 0 Å². The van der Waals surface area contributed by atoms with Crippen LogP contribution in [0.25, 0.3) is 0 Å². The molecule has 0 bridgehead atoms. The van der Waals surface area contributed by atoms with Gasteiger partial charge in [0.2, 0.25) is 0 Å². The molecule has 0 aromatic rings. The Labute approximate surface area is 65.7 Å². The molecule has 1 rings (SSSR count). The molecule has 0 radical (unpaired) electrons. The van der Waals surface area contributed by atoms with Crippen molar-refractivity contribution < 1.29 is 8.78 Å². The van der Waals surface area contributed by atoms with Gasteiger partial charge in [0.25, 0.3) is 5.92 Å². The fourth-order valence-corrected chi connectivity index (χ4v) is 1.59. The Hall–Kier alpha value is -0.600. The van der Waals surface area contributed by atoms with Crippen LogP contribution in [0.1, 0.15) is 19.8 Å². The summed E-state index contributed by atoms with van der Waals surface area (Å²) in [5.74, 6) is -2.51. The van der Waals surface area contributed by atoms with Gasteiger partial charge in [0.1, 0.15) is 0 Å². The monoisotopic (exact) mass is 161 g/mol. The van der Waals surface area contributed by atoms with Crippen molar-refractivity contribution in [3.8, 4) is 0 Å². The predicted octanol–water partition coefficient (Wildman–Crippen LogP) is 2.25. The highest BCUT2D eigenvalue weighted by Gasteiger charge is 2.46. The first-order chi connectivity index (χ1) is 5.11. The van der Waals surface area contributed by atoms with E-state index in [2.05, 4.69) is 6.58 Å². The quantitative estimate of drug-likeness (QED) is 0.600. The average molecular weight is 161 g/mol. The highest BCUT2D eigenvalue weighted by atomic mass is 19.3. The van der Waals surface area contributed by atoms with E-state index in [9.17, 15) is 8.78 Å². The van der Waals surface area contributed by atoms with Gasteiger partial charge in [0.05, 0.1) is 6.04 Å². The third-order valence-corrected chi connectivity index (χ3v) is 2.21. The first-order valence-electron chi connectivity index (χ1n) is 3.88. The Morgan fingerprint density at radius 2 is 2.36 bits per heavy atom. The molecule has 11 heavy (non-hydrogen) atoms. The van der Waals surface area contributed by atoms with Gasteiger partial charge >= 0.3 is 0 Å². The smallest absolute Gasteiger partial charge is 0.269 e. The second-order valence-electron chi connectivity index (χ2n) is 2.86. The molecule has 1 fully saturated rings. The van der Waals surface area contributed by atoms with Crippen LogP contribution in [0.2, 0.25) is 0 Å². The summed E-state index contributed by atoms with van der Waals surface area (Å²) in [5.41, 5.74) is 0. The molecule has 0 spiro atoms. The predicted molar refractivity (Wildman–Crippen MR) is 40.5 cm³/mol. The number of alkyl halides is 2. The molecule has 0 aromatic heterocycles. The first kappa shape index (κ1) is 8.50. The van der Waals surface area contributed by atoms with Gasteiger partial charge in [0, 0.05) is 13.0 Å². The van der Waals surface area contributed by atoms with E-state index >= 15 is 0 Å². The number of nitrogens with zero attached hydrogens (tertiary/aromatic N) is 1. The van der Waals surface area contributed by atoms with Gasteiger partial charge in [-0.3, -0.25) is 0 Å². The van der Waals surface area contributed by atoms with Gasteiger partial charge in [-0.1, -0.05) is 13.5 Å². The fourth-order valence-electron chi connectivity index (χ4n) is 1.59.